The first kappa shape index (κ1) is 21.7. The van der Waals surface area contributed by atoms with E-state index in [4.69, 9.17) is 4.74 Å². The van der Waals surface area contributed by atoms with Crippen LogP contribution in [0, 0.1) is 0 Å². The maximum Gasteiger partial charge on any atom is 0.252 e. The van der Waals surface area contributed by atoms with Crippen molar-refractivity contribution in [2.24, 2.45) is 0 Å². The number of aromatic nitrogens is 1. The smallest absolute Gasteiger partial charge is 0.252 e. The number of hydrogen-bond acceptors (Lipinski definition) is 6. The molecule has 0 spiro atoms. The van der Waals surface area contributed by atoms with E-state index in [1.165, 1.54) is 5.56 Å². The maximum absolute atomic E-state index is 12.7. The van der Waals surface area contributed by atoms with Crippen LogP contribution in [0.5, 0.6) is 0 Å². The van der Waals surface area contributed by atoms with E-state index in [1.54, 1.807) is 17.5 Å². The van der Waals surface area contributed by atoms with Crippen molar-refractivity contribution in [3.05, 3.63) is 46.3 Å². The van der Waals surface area contributed by atoms with Gasteiger partial charge in [-0.2, -0.15) is 11.3 Å². The van der Waals surface area contributed by atoms with Gasteiger partial charge in [0, 0.05) is 25.8 Å². The minimum atomic E-state index is -0.0832. The molecule has 29 heavy (non-hydrogen) atoms. The van der Waals surface area contributed by atoms with Crippen LogP contribution in [-0.2, 0) is 4.74 Å². The van der Waals surface area contributed by atoms with E-state index in [2.05, 4.69) is 64.6 Å². The van der Waals surface area contributed by atoms with Crippen LogP contribution in [0.15, 0.2) is 35.2 Å². The van der Waals surface area contributed by atoms with Gasteiger partial charge in [-0.3, -0.25) is 9.69 Å². The highest BCUT2D eigenvalue weighted by atomic mass is 32.1. The quantitative estimate of drug-likeness (QED) is 0.713. The van der Waals surface area contributed by atoms with Gasteiger partial charge in [0.05, 0.1) is 23.8 Å². The molecule has 1 aliphatic heterocycles. The fraction of sp³-hybridized carbons (Fsp3) is 0.545. The maximum atomic E-state index is 12.7. The molecule has 7 heteroatoms. The van der Waals surface area contributed by atoms with Crippen molar-refractivity contribution < 1.29 is 9.53 Å². The summed E-state index contributed by atoms with van der Waals surface area (Å²) in [5.74, 6) is 0.808. The molecule has 1 saturated heterocycles. The largest absolute Gasteiger partial charge is 0.372 e. The Labute approximate surface area is 177 Å². The molecule has 0 aliphatic carbocycles. The van der Waals surface area contributed by atoms with E-state index in [-0.39, 0.29) is 24.2 Å². The first-order valence-corrected chi connectivity index (χ1v) is 11.4. The molecule has 1 aliphatic rings. The second-order valence-electron chi connectivity index (χ2n) is 7.57. The molecule has 3 atom stereocenters. The molecule has 2 aromatic heterocycles. The van der Waals surface area contributed by atoms with Crippen LogP contribution in [0.1, 0.15) is 49.7 Å². The predicted octanol–water partition coefficient (Wildman–Crippen LogP) is 3.57. The Morgan fingerprint density at radius 3 is 2.55 bits per heavy atom. The summed E-state index contributed by atoms with van der Waals surface area (Å²) in [5, 5.41) is 7.35. The number of ether oxygens (including phenoxy) is 1. The molecule has 1 amide bonds. The monoisotopic (exact) mass is 416 g/mol. The molecule has 1 N–H and O–H groups in total. The zero-order valence-corrected chi connectivity index (χ0v) is 18.6. The number of pyridine rings is 1. The van der Waals surface area contributed by atoms with Crippen molar-refractivity contribution in [3.63, 3.8) is 0 Å². The Morgan fingerprint density at radius 2 is 2.00 bits per heavy atom. The summed E-state index contributed by atoms with van der Waals surface area (Å²) in [5.41, 5.74) is 1.84. The lowest BCUT2D eigenvalue weighted by molar-refractivity contribution is -0.00546. The number of nitrogens with zero attached hydrogens (tertiary/aromatic N) is 3. The van der Waals surface area contributed by atoms with Gasteiger partial charge in [0.1, 0.15) is 5.82 Å². The minimum Gasteiger partial charge on any atom is -0.372 e. The SMILES string of the molecule is CCN(CC)[C@H](CNC(=O)c1ccc(N2C[C@@H](C)O[C@H](C)C2)nc1)c1ccsc1. The predicted molar refractivity (Wildman–Crippen MR) is 119 cm³/mol. The van der Waals surface area contributed by atoms with E-state index < -0.39 is 0 Å². The number of thiophene rings is 1. The van der Waals surface area contributed by atoms with Crippen molar-refractivity contribution in [3.8, 4) is 0 Å². The summed E-state index contributed by atoms with van der Waals surface area (Å²) in [7, 11) is 0. The summed E-state index contributed by atoms with van der Waals surface area (Å²) in [6.07, 6.45) is 2.03. The fourth-order valence-electron chi connectivity index (χ4n) is 3.95. The van der Waals surface area contributed by atoms with Crippen LogP contribution in [-0.4, -0.2) is 60.7 Å². The number of nitrogens with one attached hydrogen (secondary N) is 1. The molecule has 3 heterocycles. The van der Waals surface area contributed by atoms with Gasteiger partial charge in [-0.05, 0) is 61.5 Å². The molecule has 0 radical (unpaired) electrons. The van der Waals surface area contributed by atoms with Crippen molar-refractivity contribution in [2.45, 2.75) is 45.9 Å². The van der Waals surface area contributed by atoms with E-state index in [1.807, 2.05) is 12.1 Å². The third-order valence-corrected chi connectivity index (χ3v) is 6.09. The second kappa shape index (κ2) is 10.2. The molecule has 3 rings (SSSR count). The van der Waals surface area contributed by atoms with E-state index >= 15 is 0 Å². The van der Waals surface area contributed by atoms with Crippen molar-refractivity contribution in [2.75, 3.05) is 37.6 Å². The lowest BCUT2D eigenvalue weighted by Gasteiger charge is -2.36. The van der Waals surface area contributed by atoms with Gasteiger partial charge >= 0.3 is 0 Å². The van der Waals surface area contributed by atoms with Gasteiger partial charge in [0.15, 0.2) is 0 Å². The summed E-state index contributed by atoms with van der Waals surface area (Å²) in [4.78, 5) is 21.8. The second-order valence-corrected chi connectivity index (χ2v) is 8.35. The Morgan fingerprint density at radius 1 is 1.28 bits per heavy atom. The Kier molecular flexibility index (Phi) is 7.64. The van der Waals surface area contributed by atoms with Gasteiger partial charge in [0.25, 0.3) is 5.91 Å². The van der Waals surface area contributed by atoms with Crippen LogP contribution in [0.25, 0.3) is 0 Å². The highest BCUT2D eigenvalue weighted by Crippen LogP contribution is 2.23. The van der Waals surface area contributed by atoms with Gasteiger partial charge in [-0.15, -0.1) is 0 Å². The zero-order valence-electron chi connectivity index (χ0n) is 17.8. The molecule has 2 aromatic rings. The third kappa shape index (κ3) is 5.56. The van der Waals surface area contributed by atoms with Crippen LogP contribution in [0.3, 0.4) is 0 Å². The Hall–Kier alpha value is -1.96. The average molecular weight is 417 g/mol. The van der Waals surface area contributed by atoms with Crippen molar-refractivity contribution in [1.82, 2.24) is 15.2 Å². The molecule has 0 saturated carbocycles. The Balaban J connectivity index is 1.62. The molecule has 0 aromatic carbocycles. The molecule has 6 nitrogen and oxygen atoms in total. The standard InChI is InChI=1S/C22H32N4O2S/c1-5-25(6-2)20(19-9-10-29-15-19)12-24-22(27)18-7-8-21(23-11-18)26-13-16(3)28-17(4)14-26/h7-11,15-17,20H,5-6,12-14H2,1-4H3,(H,24,27)/t16-,17-,20-/m1/s1. The number of rotatable bonds is 8. The third-order valence-electron chi connectivity index (χ3n) is 5.39. The zero-order chi connectivity index (χ0) is 20.8. The van der Waals surface area contributed by atoms with Gasteiger partial charge in [0.2, 0.25) is 0 Å². The number of likely N-dealkylation sites (N-methyl/N-ethyl adjacent to an activating group) is 1. The molecular formula is C22H32N4O2S. The Bertz CT molecular complexity index is 752. The first-order valence-electron chi connectivity index (χ1n) is 10.4. The first-order chi connectivity index (χ1) is 14.0. The number of morpholine rings is 1. The van der Waals surface area contributed by atoms with Gasteiger partial charge < -0.3 is 15.0 Å². The number of anilines is 1. The summed E-state index contributed by atoms with van der Waals surface area (Å²) in [6, 6.07) is 6.11. The lowest BCUT2D eigenvalue weighted by atomic mass is 10.1. The van der Waals surface area contributed by atoms with Crippen LogP contribution in [0.2, 0.25) is 0 Å². The molecule has 0 bridgehead atoms. The van der Waals surface area contributed by atoms with Crippen LogP contribution < -0.4 is 10.2 Å². The van der Waals surface area contributed by atoms with Crippen molar-refractivity contribution in [1.29, 1.82) is 0 Å². The fourth-order valence-corrected chi connectivity index (χ4v) is 4.66. The van der Waals surface area contributed by atoms with E-state index in [0.717, 1.165) is 32.0 Å². The highest BCUT2D eigenvalue weighted by molar-refractivity contribution is 7.07. The number of hydrogen-bond donors (Lipinski definition) is 1. The van der Waals surface area contributed by atoms with E-state index in [0.29, 0.717) is 12.1 Å². The number of carbonyl (C=O) groups excluding carboxylic acids is 1. The van der Waals surface area contributed by atoms with Gasteiger partial charge in [-0.1, -0.05) is 13.8 Å². The molecule has 0 unspecified atom stereocenters. The molecular weight excluding hydrogens is 384 g/mol. The van der Waals surface area contributed by atoms with Crippen LogP contribution >= 0.6 is 11.3 Å². The molecule has 1 fully saturated rings. The molecule has 158 valence electrons. The minimum absolute atomic E-state index is 0.0832. The summed E-state index contributed by atoms with van der Waals surface area (Å²) in [6.45, 7) is 12.6. The van der Waals surface area contributed by atoms with Crippen molar-refractivity contribution >= 4 is 23.1 Å². The number of carbonyl (C=O) groups is 1. The number of amides is 1. The summed E-state index contributed by atoms with van der Waals surface area (Å²) >= 11 is 1.69. The lowest BCUT2D eigenvalue weighted by Crippen LogP contribution is -2.45. The van der Waals surface area contributed by atoms with E-state index in [9.17, 15) is 4.79 Å². The topological polar surface area (TPSA) is 57.7 Å². The van der Waals surface area contributed by atoms with Crippen LogP contribution in [0.4, 0.5) is 5.82 Å². The van der Waals surface area contributed by atoms with Gasteiger partial charge in [-0.25, -0.2) is 4.98 Å². The summed E-state index contributed by atoms with van der Waals surface area (Å²) < 4.78 is 5.79. The average Bonchev–Trinajstić information content (AvgIpc) is 3.25. The highest BCUT2D eigenvalue weighted by Gasteiger charge is 2.23. The normalized spacial score (nSPS) is 20.7.